The lowest BCUT2D eigenvalue weighted by Crippen LogP contribution is -2.00. The molecule has 0 radical (unpaired) electrons. The van der Waals surface area contributed by atoms with Crippen molar-refractivity contribution in [3.63, 3.8) is 0 Å². The highest BCUT2D eigenvalue weighted by Crippen LogP contribution is 2.21. The van der Waals surface area contributed by atoms with Crippen molar-refractivity contribution < 1.29 is 9.23 Å². The van der Waals surface area contributed by atoms with Crippen LogP contribution in [-0.4, -0.2) is 0 Å². The van der Waals surface area contributed by atoms with Gasteiger partial charge in [-0.25, -0.2) is 10.3 Å². The molecular formula is C12H12FNO. The first-order chi connectivity index (χ1) is 7.20. The summed E-state index contributed by atoms with van der Waals surface area (Å²) in [5.74, 6) is 4.82. The normalized spacial score (nSPS) is 10.9. The molecule has 0 aliphatic rings. The minimum atomic E-state index is -0.218. The second-order valence-electron chi connectivity index (χ2n) is 3.58. The minimum Gasteiger partial charge on any atom is -0.300 e. The van der Waals surface area contributed by atoms with Crippen molar-refractivity contribution >= 4 is 10.8 Å². The highest BCUT2D eigenvalue weighted by molar-refractivity contribution is 5.84. The van der Waals surface area contributed by atoms with Gasteiger partial charge in [0.05, 0.1) is 6.61 Å². The molecule has 0 saturated heterocycles. The van der Waals surface area contributed by atoms with Crippen LogP contribution in [0.2, 0.25) is 0 Å². The molecular weight excluding hydrogens is 193 g/mol. The third kappa shape index (κ3) is 1.98. The number of fused-ring (bicyclic) bond motifs is 1. The Labute approximate surface area is 87.4 Å². The average Bonchev–Trinajstić information content (AvgIpc) is 2.20. The molecule has 0 heterocycles. The van der Waals surface area contributed by atoms with Gasteiger partial charge in [0.25, 0.3) is 0 Å². The topological polar surface area (TPSA) is 35.2 Å². The van der Waals surface area contributed by atoms with Crippen LogP contribution < -0.4 is 5.90 Å². The Hall–Kier alpha value is -1.45. The van der Waals surface area contributed by atoms with Crippen LogP contribution >= 0.6 is 0 Å². The molecule has 15 heavy (non-hydrogen) atoms. The number of aryl methyl sites for hydroxylation is 1. The lowest BCUT2D eigenvalue weighted by molar-refractivity contribution is 0.124. The van der Waals surface area contributed by atoms with Crippen LogP contribution in [0, 0.1) is 12.7 Å². The highest BCUT2D eigenvalue weighted by Gasteiger charge is 2.02. The van der Waals surface area contributed by atoms with E-state index in [1.165, 1.54) is 12.1 Å². The summed E-state index contributed by atoms with van der Waals surface area (Å²) in [7, 11) is 0. The largest absolute Gasteiger partial charge is 0.300 e. The van der Waals surface area contributed by atoms with Gasteiger partial charge >= 0.3 is 0 Å². The van der Waals surface area contributed by atoms with Crippen molar-refractivity contribution in [2.45, 2.75) is 13.5 Å². The van der Waals surface area contributed by atoms with Gasteiger partial charge in [-0.2, -0.15) is 0 Å². The van der Waals surface area contributed by atoms with Crippen LogP contribution in [0.3, 0.4) is 0 Å². The van der Waals surface area contributed by atoms with Crippen LogP contribution in [0.5, 0.6) is 0 Å². The Bertz CT molecular complexity index is 496. The van der Waals surface area contributed by atoms with Gasteiger partial charge in [-0.3, -0.25) is 4.84 Å². The summed E-state index contributed by atoms with van der Waals surface area (Å²) in [4.78, 5) is 4.61. The Kier molecular flexibility index (Phi) is 2.66. The first kappa shape index (κ1) is 10.1. The lowest BCUT2D eigenvalue weighted by atomic mass is 10.0. The van der Waals surface area contributed by atoms with Crippen LogP contribution in [0.1, 0.15) is 11.1 Å². The molecule has 3 heteroatoms. The molecule has 78 valence electrons. The second kappa shape index (κ2) is 3.96. The van der Waals surface area contributed by atoms with Crippen molar-refractivity contribution in [3.05, 3.63) is 47.3 Å². The number of hydrogen-bond acceptors (Lipinski definition) is 2. The molecule has 2 rings (SSSR count). The third-order valence-electron chi connectivity index (χ3n) is 2.50. The predicted molar refractivity (Wildman–Crippen MR) is 57.6 cm³/mol. The molecule has 0 aliphatic heterocycles. The van der Waals surface area contributed by atoms with Crippen LogP contribution in [0.15, 0.2) is 30.3 Å². The number of rotatable bonds is 2. The monoisotopic (exact) mass is 205 g/mol. The second-order valence-corrected chi connectivity index (χ2v) is 3.58. The van der Waals surface area contributed by atoms with E-state index in [0.717, 1.165) is 21.9 Å². The van der Waals surface area contributed by atoms with Gasteiger partial charge in [0, 0.05) is 0 Å². The van der Waals surface area contributed by atoms with E-state index in [2.05, 4.69) is 4.84 Å². The molecule has 2 aromatic carbocycles. The highest BCUT2D eigenvalue weighted by atomic mass is 19.1. The first-order valence-corrected chi connectivity index (χ1v) is 4.71. The number of benzene rings is 2. The quantitative estimate of drug-likeness (QED) is 0.765. The average molecular weight is 205 g/mol. The minimum absolute atomic E-state index is 0.218. The summed E-state index contributed by atoms with van der Waals surface area (Å²) in [5.41, 5.74) is 2.08. The number of hydrogen-bond donors (Lipinski definition) is 1. The van der Waals surface area contributed by atoms with Crippen LogP contribution in [0.25, 0.3) is 10.8 Å². The molecule has 0 atom stereocenters. The van der Waals surface area contributed by atoms with Crippen LogP contribution in [-0.2, 0) is 11.4 Å². The smallest absolute Gasteiger partial charge is 0.123 e. The molecule has 0 aromatic heterocycles. The van der Waals surface area contributed by atoms with E-state index in [9.17, 15) is 4.39 Å². The molecule has 0 fully saturated rings. The Morgan fingerprint density at radius 2 is 2.00 bits per heavy atom. The Morgan fingerprint density at radius 3 is 2.73 bits per heavy atom. The summed E-state index contributed by atoms with van der Waals surface area (Å²) >= 11 is 0. The predicted octanol–water partition coefficient (Wildman–Crippen LogP) is 2.68. The fourth-order valence-corrected chi connectivity index (χ4v) is 1.67. The summed E-state index contributed by atoms with van der Waals surface area (Å²) < 4.78 is 13.0. The Morgan fingerprint density at radius 1 is 1.20 bits per heavy atom. The molecule has 2 aromatic rings. The maximum atomic E-state index is 13.0. The van der Waals surface area contributed by atoms with E-state index in [1.807, 2.05) is 19.1 Å². The van der Waals surface area contributed by atoms with Crippen molar-refractivity contribution in [1.82, 2.24) is 0 Å². The van der Waals surface area contributed by atoms with E-state index in [1.54, 1.807) is 6.07 Å². The first-order valence-electron chi connectivity index (χ1n) is 4.71. The molecule has 0 amide bonds. The number of halogens is 1. The molecule has 0 aliphatic carbocycles. The third-order valence-corrected chi connectivity index (χ3v) is 2.50. The van der Waals surface area contributed by atoms with Crippen molar-refractivity contribution in [2.75, 3.05) is 0 Å². The molecule has 2 N–H and O–H groups in total. The zero-order chi connectivity index (χ0) is 10.8. The molecule has 0 unspecified atom stereocenters. The standard InChI is InChI=1S/C12H12FNO/c1-8-4-10-6-12(13)3-2-9(10)5-11(8)7-15-14/h2-6H,7,14H2,1H3. The maximum Gasteiger partial charge on any atom is 0.123 e. The fourth-order valence-electron chi connectivity index (χ4n) is 1.67. The van der Waals surface area contributed by atoms with Gasteiger partial charge in [0.1, 0.15) is 5.82 Å². The molecule has 0 spiro atoms. The zero-order valence-corrected chi connectivity index (χ0v) is 8.46. The number of nitrogens with two attached hydrogens (primary N) is 1. The summed E-state index contributed by atoms with van der Waals surface area (Å²) in [5, 5.41) is 1.89. The Balaban J connectivity index is 2.60. The van der Waals surface area contributed by atoms with Crippen molar-refractivity contribution in [3.8, 4) is 0 Å². The summed E-state index contributed by atoms with van der Waals surface area (Å²) in [6.45, 7) is 2.33. The van der Waals surface area contributed by atoms with E-state index >= 15 is 0 Å². The summed E-state index contributed by atoms with van der Waals surface area (Å²) in [6.07, 6.45) is 0. The van der Waals surface area contributed by atoms with E-state index in [0.29, 0.717) is 6.61 Å². The fraction of sp³-hybridized carbons (Fsp3) is 0.167. The van der Waals surface area contributed by atoms with Gasteiger partial charge in [0.2, 0.25) is 0 Å². The zero-order valence-electron chi connectivity index (χ0n) is 8.46. The lowest BCUT2D eigenvalue weighted by Gasteiger charge is -2.06. The van der Waals surface area contributed by atoms with Gasteiger partial charge in [0.15, 0.2) is 0 Å². The maximum absolute atomic E-state index is 13.0. The van der Waals surface area contributed by atoms with Crippen molar-refractivity contribution in [2.24, 2.45) is 5.90 Å². The van der Waals surface area contributed by atoms with Gasteiger partial charge in [-0.15, -0.1) is 0 Å². The van der Waals surface area contributed by atoms with E-state index in [-0.39, 0.29) is 5.82 Å². The van der Waals surface area contributed by atoms with Gasteiger partial charge in [-0.05, 0) is 47.0 Å². The molecule has 0 saturated carbocycles. The van der Waals surface area contributed by atoms with E-state index in [4.69, 9.17) is 5.90 Å². The summed E-state index contributed by atoms with van der Waals surface area (Å²) in [6, 6.07) is 8.63. The van der Waals surface area contributed by atoms with Gasteiger partial charge in [-0.1, -0.05) is 12.1 Å². The van der Waals surface area contributed by atoms with E-state index < -0.39 is 0 Å². The van der Waals surface area contributed by atoms with Crippen LogP contribution in [0.4, 0.5) is 4.39 Å². The molecule has 2 nitrogen and oxygen atoms in total. The molecule has 0 bridgehead atoms. The van der Waals surface area contributed by atoms with Crippen molar-refractivity contribution in [1.29, 1.82) is 0 Å². The van der Waals surface area contributed by atoms with Gasteiger partial charge < -0.3 is 0 Å². The SMILES string of the molecule is Cc1cc2cc(F)ccc2cc1CON.